The molecule has 8 nitrogen and oxygen atoms in total. The van der Waals surface area contributed by atoms with Crippen molar-refractivity contribution in [3.8, 4) is 5.69 Å². The van der Waals surface area contributed by atoms with E-state index in [4.69, 9.17) is 5.73 Å². The van der Waals surface area contributed by atoms with Crippen LogP contribution in [-0.2, 0) is 21.2 Å². The molecule has 1 unspecified atom stereocenters. The summed E-state index contributed by atoms with van der Waals surface area (Å²) >= 11 is 1.03. The molecule has 1 aromatic carbocycles. The third-order valence-corrected chi connectivity index (χ3v) is 4.88. The fraction of sp³-hybridized carbons (Fsp3) is 0.250. The molecule has 0 amide bonds. The molecule has 0 spiro atoms. The molecule has 148 valence electrons. The Kier molecular flexibility index (Phi) is 4.63. The number of halogens is 3. The number of alkyl halides is 3. The number of hydrogen-bond acceptors (Lipinski definition) is 7. The summed E-state index contributed by atoms with van der Waals surface area (Å²) in [4.78, 5) is 37.9. The first kappa shape index (κ1) is 19.8. The van der Waals surface area contributed by atoms with E-state index in [1.165, 1.54) is 25.1 Å². The van der Waals surface area contributed by atoms with E-state index >= 15 is 0 Å². The topological polar surface area (TPSA) is 120 Å². The highest BCUT2D eigenvalue weighted by atomic mass is 32.1. The van der Waals surface area contributed by atoms with Crippen molar-refractivity contribution in [1.82, 2.24) is 13.9 Å². The van der Waals surface area contributed by atoms with Gasteiger partial charge in [-0.3, -0.25) is 4.79 Å². The van der Waals surface area contributed by atoms with Crippen LogP contribution in [0.5, 0.6) is 0 Å². The number of benzene rings is 1. The van der Waals surface area contributed by atoms with E-state index in [-0.39, 0.29) is 11.4 Å². The number of H-pyrrole nitrogens is 1. The van der Waals surface area contributed by atoms with Gasteiger partial charge in [0.1, 0.15) is 5.69 Å². The summed E-state index contributed by atoms with van der Waals surface area (Å²) in [5.74, 6) is -0.755. The minimum absolute atomic E-state index is 0.00501. The molecule has 3 N–H and O–H groups in total. The smallest absolute Gasteiger partial charge is 0.431 e. The quantitative estimate of drug-likeness (QED) is 0.627. The number of esters is 1. The second kappa shape index (κ2) is 6.56. The molecule has 0 saturated heterocycles. The van der Waals surface area contributed by atoms with Crippen molar-refractivity contribution in [2.75, 3.05) is 7.11 Å². The molecule has 28 heavy (non-hydrogen) atoms. The fourth-order valence-corrected chi connectivity index (χ4v) is 3.50. The second-order valence-corrected chi connectivity index (χ2v) is 6.87. The number of ether oxygens (including phenoxy) is 1. The summed E-state index contributed by atoms with van der Waals surface area (Å²) in [7, 11) is 1.16. The first-order chi connectivity index (χ1) is 13.0. The summed E-state index contributed by atoms with van der Waals surface area (Å²) in [6.45, 7) is 1.39. The van der Waals surface area contributed by atoms with Crippen molar-refractivity contribution in [1.29, 1.82) is 0 Å². The van der Waals surface area contributed by atoms with E-state index in [1.54, 1.807) is 4.98 Å². The first-order valence-corrected chi connectivity index (χ1v) is 8.45. The Morgan fingerprint density at radius 2 is 1.96 bits per heavy atom. The molecule has 0 saturated carbocycles. The molecule has 0 aliphatic carbocycles. The molecule has 0 aliphatic rings. The Bertz CT molecular complexity index is 1160. The van der Waals surface area contributed by atoms with Gasteiger partial charge >= 0.3 is 17.8 Å². The molecule has 1 atom stereocenters. The maximum atomic E-state index is 12.8. The van der Waals surface area contributed by atoms with E-state index in [0.717, 1.165) is 18.6 Å². The number of aromatic nitrogens is 3. The molecule has 0 fully saturated rings. The van der Waals surface area contributed by atoms with Gasteiger partial charge in [-0.1, -0.05) is 0 Å². The number of methoxy groups -OCH3 is 1. The van der Waals surface area contributed by atoms with Crippen molar-refractivity contribution in [3.05, 3.63) is 56.5 Å². The van der Waals surface area contributed by atoms with Crippen molar-refractivity contribution in [3.63, 3.8) is 0 Å². The highest BCUT2D eigenvalue weighted by Crippen LogP contribution is 2.31. The Labute approximate surface area is 158 Å². The van der Waals surface area contributed by atoms with Gasteiger partial charge in [0.15, 0.2) is 5.54 Å². The number of rotatable bonds is 3. The van der Waals surface area contributed by atoms with Crippen molar-refractivity contribution >= 4 is 27.6 Å². The number of carbonyl (C=O) groups excluding carboxylic acids is 1. The largest absolute Gasteiger partial charge is 0.467 e. The van der Waals surface area contributed by atoms with E-state index < -0.39 is 34.6 Å². The molecule has 2 aromatic heterocycles. The average Bonchev–Trinajstić information content (AvgIpc) is 3.03. The number of carbonyl (C=O) groups is 1. The SMILES string of the molecule is COC(=O)C(C)(N)c1nsc2ccc(-n3c(=O)cc(C(F)(F)F)[nH]c3=O)cc12. The Morgan fingerprint density at radius 1 is 1.29 bits per heavy atom. The van der Waals surface area contributed by atoms with E-state index in [2.05, 4.69) is 9.11 Å². The Hall–Kier alpha value is -2.99. The van der Waals surface area contributed by atoms with Crippen LogP contribution in [0.4, 0.5) is 13.2 Å². The number of fused-ring (bicyclic) bond motifs is 1. The molecule has 12 heteroatoms. The average molecular weight is 414 g/mol. The molecule has 0 radical (unpaired) electrons. The van der Waals surface area contributed by atoms with Crippen LogP contribution < -0.4 is 17.0 Å². The lowest BCUT2D eigenvalue weighted by molar-refractivity contribution is -0.146. The van der Waals surface area contributed by atoms with Crippen LogP contribution in [0.15, 0.2) is 33.9 Å². The van der Waals surface area contributed by atoms with Gasteiger partial charge in [0, 0.05) is 11.5 Å². The molecule has 3 aromatic rings. The van der Waals surface area contributed by atoms with Gasteiger partial charge in [0.2, 0.25) is 0 Å². The Balaban J connectivity index is 2.22. The maximum Gasteiger partial charge on any atom is 0.431 e. The normalized spacial score (nSPS) is 14.1. The van der Waals surface area contributed by atoms with Crippen LogP contribution in [0.2, 0.25) is 0 Å². The van der Waals surface area contributed by atoms with Crippen LogP contribution >= 0.6 is 11.5 Å². The zero-order chi connectivity index (χ0) is 20.9. The van der Waals surface area contributed by atoms with Crippen LogP contribution in [0.3, 0.4) is 0 Å². The van der Waals surface area contributed by atoms with Crippen molar-refractivity contribution in [2.45, 2.75) is 18.6 Å². The maximum absolute atomic E-state index is 12.8. The molecule has 3 rings (SSSR count). The summed E-state index contributed by atoms with van der Waals surface area (Å²) in [6, 6.07) is 4.54. The van der Waals surface area contributed by atoms with Crippen molar-refractivity contribution in [2.24, 2.45) is 5.73 Å². The first-order valence-electron chi connectivity index (χ1n) is 7.68. The third-order valence-electron chi connectivity index (χ3n) is 4.05. The lowest BCUT2D eigenvalue weighted by atomic mass is 9.96. The van der Waals surface area contributed by atoms with Gasteiger partial charge < -0.3 is 15.5 Å². The van der Waals surface area contributed by atoms with Gasteiger partial charge in [0.05, 0.1) is 23.2 Å². The third kappa shape index (κ3) is 3.20. The predicted octanol–water partition coefficient (Wildman–Crippen LogP) is 1.50. The number of nitrogens with one attached hydrogen (secondary N) is 1. The zero-order valence-electron chi connectivity index (χ0n) is 14.5. The summed E-state index contributed by atoms with van der Waals surface area (Å²) in [6.07, 6.45) is -4.87. The lowest BCUT2D eigenvalue weighted by Gasteiger charge is -2.19. The van der Waals surface area contributed by atoms with Gasteiger partial charge in [-0.15, -0.1) is 0 Å². The van der Waals surface area contributed by atoms with E-state index in [0.29, 0.717) is 20.7 Å². The van der Waals surface area contributed by atoms with Gasteiger partial charge in [-0.2, -0.15) is 17.5 Å². The minimum atomic E-state index is -4.87. The fourth-order valence-electron chi connectivity index (χ4n) is 2.64. The second-order valence-electron chi connectivity index (χ2n) is 6.07. The lowest BCUT2D eigenvalue weighted by Crippen LogP contribution is -2.43. The predicted molar refractivity (Wildman–Crippen MR) is 94.4 cm³/mol. The summed E-state index contributed by atoms with van der Waals surface area (Å²) in [5, 5.41) is 0.365. The van der Waals surface area contributed by atoms with Gasteiger partial charge in [-0.25, -0.2) is 14.2 Å². The molecule has 0 aliphatic heterocycles. The van der Waals surface area contributed by atoms with E-state index in [9.17, 15) is 27.6 Å². The number of nitrogens with two attached hydrogens (primary N) is 1. The van der Waals surface area contributed by atoms with Crippen molar-refractivity contribution < 1.29 is 22.7 Å². The highest BCUT2D eigenvalue weighted by molar-refractivity contribution is 7.13. The van der Waals surface area contributed by atoms with E-state index in [1.807, 2.05) is 0 Å². The Morgan fingerprint density at radius 3 is 2.54 bits per heavy atom. The monoisotopic (exact) mass is 414 g/mol. The number of nitrogens with zero attached hydrogens (tertiary/aromatic N) is 2. The summed E-state index contributed by atoms with van der Waals surface area (Å²) < 4.78 is 48.2. The van der Waals surface area contributed by atoms with Crippen LogP contribution in [0.25, 0.3) is 15.8 Å². The minimum Gasteiger partial charge on any atom is -0.467 e. The number of hydrogen-bond donors (Lipinski definition) is 2. The van der Waals surface area contributed by atoms with Crippen LogP contribution in [0.1, 0.15) is 18.3 Å². The highest BCUT2D eigenvalue weighted by Gasteiger charge is 2.36. The van der Waals surface area contributed by atoms with Crippen LogP contribution in [0, 0.1) is 0 Å². The number of aromatic amines is 1. The molecule has 2 heterocycles. The molecular weight excluding hydrogens is 401 g/mol. The zero-order valence-corrected chi connectivity index (χ0v) is 15.3. The molecule has 0 bridgehead atoms. The van der Waals surface area contributed by atoms with Crippen LogP contribution in [-0.4, -0.2) is 27.0 Å². The van der Waals surface area contributed by atoms with Gasteiger partial charge in [0.25, 0.3) is 5.56 Å². The summed E-state index contributed by atoms with van der Waals surface area (Å²) in [5.41, 5.74) is 0.698. The molecular formula is C16H13F3N4O4S. The standard InChI is InChI=1S/C16H13F3N4O4S/c1-15(20,13(25)27-2)12-8-5-7(3-4-9(8)28-22-12)23-11(24)6-10(16(17,18)19)21-14(23)26/h3-6H,20H2,1-2H3,(H,21,26). The van der Waals surface area contributed by atoms with Gasteiger partial charge in [-0.05, 0) is 36.7 Å².